The molecule has 0 atom stereocenters. The number of carbonyl (C=O) groups excluding carboxylic acids is 2. The van der Waals surface area contributed by atoms with E-state index in [2.05, 4.69) is 4.90 Å². The Kier molecular flexibility index (Phi) is 5.95. The number of hydrogen-bond donors (Lipinski definition) is 0. The number of ketones is 1. The van der Waals surface area contributed by atoms with Gasteiger partial charge in [0.25, 0.3) is 0 Å². The Morgan fingerprint density at radius 2 is 1.68 bits per heavy atom. The first kappa shape index (κ1) is 16.5. The van der Waals surface area contributed by atoms with Gasteiger partial charge < -0.3 is 9.80 Å². The monoisotopic (exact) mass is 303 g/mol. The first-order valence-corrected chi connectivity index (χ1v) is 7.85. The number of amides is 2. The molecule has 0 aromatic heterocycles. The van der Waals surface area contributed by atoms with Gasteiger partial charge in [-0.3, -0.25) is 9.69 Å². The topological polar surface area (TPSA) is 43.9 Å². The van der Waals surface area contributed by atoms with Crippen LogP contribution >= 0.6 is 0 Å². The van der Waals surface area contributed by atoms with Gasteiger partial charge in [-0.2, -0.15) is 0 Å². The third-order valence-corrected chi connectivity index (χ3v) is 4.00. The van der Waals surface area contributed by atoms with Gasteiger partial charge in [-0.05, 0) is 13.0 Å². The molecule has 0 N–H and O–H groups in total. The Morgan fingerprint density at radius 3 is 2.27 bits per heavy atom. The SMILES string of the molecule is CN(C)C(=O)N1CCN(CCCC(=O)c2ccccc2)CC1. The molecule has 5 nitrogen and oxygen atoms in total. The normalized spacial score (nSPS) is 15.6. The van der Waals surface area contributed by atoms with Crippen LogP contribution in [0.4, 0.5) is 4.79 Å². The predicted octanol–water partition coefficient (Wildman–Crippen LogP) is 1.95. The molecule has 1 aromatic carbocycles. The zero-order valence-corrected chi connectivity index (χ0v) is 13.5. The minimum atomic E-state index is 0.0823. The summed E-state index contributed by atoms with van der Waals surface area (Å²) in [6, 6.07) is 9.54. The fraction of sp³-hybridized carbons (Fsp3) is 0.529. The quantitative estimate of drug-likeness (QED) is 0.781. The van der Waals surface area contributed by atoms with E-state index in [4.69, 9.17) is 0 Å². The molecule has 1 aromatic rings. The van der Waals surface area contributed by atoms with Crippen LogP contribution in [0.3, 0.4) is 0 Å². The van der Waals surface area contributed by atoms with Gasteiger partial charge in [-0.1, -0.05) is 30.3 Å². The highest BCUT2D eigenvalue weighted by atomic mass is 16.2. The second-order valence-corrected chi connectivity index (χ2v) is 5.90. The lowest BCUT2D eigenvalue weighted by molar-refractivity contribution is 0.0964. The van der Waals surface area contributed by atoms with Gasteiger partial charge in [0.2, 0.25) is 0 Å². The predicted molar refractivity (Wildman–Crippen MR) is 87.1 cm³/mol. The van der Waals surface area contributed by atoms with E-state index in [1.807, 2.05) is 35.2 Å². The molecule has 1 aliphatic heterocycles. The number of hydrogen-bond acceptors (Lipinski definition) is 3. The van der Waals surface area contributed by atoms with Crippen LogP contribution in [0.2, 0.25) is 0 Å². The summed E-state index contributed by atoms with van der Waals surface area (Å²) in [5.41, 5.74) is 0.795. The van der Waals surface area contributed by atoms with Crippen molar-refractivity contribution in [3.8, 4) is 0 Å². The summed E-state index contributed by atoms with van der Waals surface area (Å²) < 4.78 is 0. The molecular weight excluding hydrogens is 278 g/mol. The van der Waals surface area contributed by atoms with Crippen molar-refractivity contribution in [3.05, 3.63) is 35.9 Å². The van der Waals surface area contributed by atoms with Crippen LogP contribution in [-0.2, 0) is 0 Å². The summed E-state index contributed by atoms with van der Waals surface area (Å²) in [5.74, 6) is 0.210. The summed E-state index contributed by atoms with van der Waals surface area (Å²) in [6.45, 7) is 4.23. The number of benzene rings is 1. The molecule has 0 aliphatic carbocycles. The molecule has 0 bridgehead atoms. The van der Waals surface area contributed by atoms with Crippen molar-refractivity contribution in [2.75, 3.05) is 46.8 Å². The second kappa shape index (κ2) is 7.94. The first-order chi connectivity index (χ1) is 10.6. The van der Waals surface area contributed by atoms with E-state index < -0.39 is 0 Å². The van der Waals surface area contributed by atoms with Gasteiger partial charge in [0, 0.05) is 52.3 Å². The minimum Gasteiger partial charge on any atom is -0.331 e. The lowest BCUT2D eigenvalue weighted by atomic mass is 10.1. The Hall–Kier alpha value is -1.88. The molecule has 2 amide bonds. The van der Waals surface area contributed by atoms with Gasteiger partial charge >= 0.3 is 6.03 Å². The highest BCUT2D eigenvalue weighted by Crippen LogP contribution is 2.08. The fourth-order valence-electron chi connectivity index (χ4n) is 2.68. The zero-order chi connectivity index (χ0) is 15.9. The van der Waals surface area contributed by atoms with E-state index >= 15 is 0 Å². The highest BCUT2D eigenvalue weighted by molar-refractivity contribution is 5.95. The van der Waals surface area contributed by atoms with E-state index in [0.717, 1.165) is 44.7 Å². The molecule has 0 radical (unpaired) electrons. The average molecular weight is 303 g/mol. The second-order valence-electron chi connectivity index (χ2n) is 5.90. The number of urea groups is 1. The zero-order valence-electron chi connectivity index (χ0n) is 13.5. The number of carbonyl (C=O) groups is 2. The smallest absolute Gasteiger partial charge is 0.319 e. The molecule has 0 unspecified atom stereocenters. The van der Waals surface area contributed by atoms with E-state index in [0.29, 0.717) is 6.42 Å². The van der Waals surface area contributed by atoms with E-state index in [-0.39, 0.29) is 11.8 Å². The summed E-state index contributed by atoms with van der Waals surface area (Å²) in [7, 11) is 3.56. The lowest BCUT2D eigenvalue weighted by Gasteiger charge is -2.35. The van der Waals surface area contributed by atoms with Crippen LogP contribution < -0.4 is 0 Å². The molecule has 120 valence electrons. The number of Topliss-reactive ketones (excluding diaryl/α,β-unsaturated/α-hetero) is 1. The minimum absolute atomic E-state index is 0.0823. The maximum absolute atomic E-state index is 12.0. The molecule has 1 heterocycles. The van der Waals surface area contributed by atoms with Crippen LogP contribution in [0.1, 0.15) is 23.2 Å². The largest absolute Gasteiger partial charge is 0.331 e. The maximum Gasteiger partial charge on any atom is 0.319 e. The summed E-state index contributed by atoms with van der Waals surface area (Å²) in [4.78, 5) is 29.7. The third kappa shape index (κ3) is 4.56. The van der Waals surface area contributed by atoms with Crippen LogP contribution in [0.5, 0.6) is 0 Å². The molecular formula is C17H25N3O2. The van der Waals surface area contributed by atoms with E-state index in [1.54, 1.807) is 19.0 Å². The van der Waals surface area contributed by atoms with Gasteiger partial charge in [0.05, 0.1) is 0 Å². The van der Waals surface area contributed by atoms with Gasteiger partial charge in [0.15, 0.2) is 5.78 Å². The fourth-order valence-corrected chi connectivity index (χ4v) is 2.68. The molecule has 0 saturated carbocycles. The van der Waals surface area contributed by atoms with Crippen molar-refractivity contribution in [3.63, 3.8) is 0 Å². The van der Waals surface area contributed by atoms with Crippen LogP contribution in [0.15, 0.2) is 30.3 Å². The summed E-state index contributed by atoms with van der Waals surface area (Å²) >= 11 is 0. The Labute approximate surface area is 132 Å². The highest BCUT2D eigenvalue weighted by Gasteiger charge is 2.21. The van der Waals surface area contributed by atoms with Crippen molar-refractivity contribution in [1.29, 1.82) is 0 Å². The number of nitrogens with zero attached hydrogens (tertiary/aromatic N) is 3. The number of rotatable bonds is 5. The van der Waals surface area contributed by atoms with Crippen molar-refractivity contribution in [1.82, 2.24) is 14.7 Å². The molecule has 1 fully saturated rings. The van der Waals surface area contributed by atoms with Gasteiger partial charge in [-0.25, -0.2) is 4.79 Å². The van der Waals surface area contributed by atoms with Crippen molar-refractivity contribution < 1.29 is 9.59 Å². The Balaban J connectivity index is 1.67. The molecule has 1 aliphatic rings. The molecule has 1 saturated heterocycles. The molecule has 2 rings (SSSR count). The van der Waals surface area contributed by atoms with Crippen LogP contribution in [0, 0.1) is 0 Å². The summed E-state index contributed by atoms with van der Waals surface area (Å²) in [5, 5.41) is 0. The van der Waals surface area contributed by atoms with Gasteiger partial charge in [-0.15, -0.1) is 0 Å². The molecule has 5 heteroatoms. The maximum atomic E-state index is 12.0. The third-order valence-electron chi connectivity index (χ3n) is 4.00. The Bertz CT molecular complexity index is 494. The Morgan fingerprint density at radius 1 is 1.05 bits per heavy atom. The van der Waals surface area contributed by atoms with E-state index in [1.165, 1.54) is 0 Å². The average Bonchev–Trinajstić information content (AvgIpc) is 2.55. The number of piperazine rings is 1. The van der Waals surface area contributed by atoms with Crippen molar-refractivity contribution >= 4 is 11.8 Å². The van der Waals surface area contributed by atoms with Crippen molar-refractivity contribution in [2.24, 2.45) is 0 Å². The standard InChI is InChI=1S/C17H25N3O2/c1-18(2)17(22)20-13-11-19(12-14-20)10-6-9-16(21)15-7-4-3-5-8-15/h3-5,7-8H,6,9-14H2,1-2H3. The molecule has 22 heavy (non-hydrogen) atoms. The van der Waals surface area contributed by atoms with Crippen LogP contribution in [-0.4, -0.2) is 73.3 Å². The summed E-state index contributed by atoms with van der Waals surface area (Å²) in [6.07, 6.45) is 1.45. The first-order valence-electron chi connectivity index (χ1n) is 7.85. The van der Waals surface area contributed by atoms with E-state index in [9.17, 15) is 9.59 Å². The lowest BCUT2D eigenvalue weighted by Crippen LogP contribution is -2.51. The van der Waals surface area contributed by atoms with Gasteiger partial charge in [0.1, 0.15) is 0 Å². The van der Waals surface area contributed by atoms with Crippen LogP contribution in [0.25, 0.3) is 0 Å². The van der Waals surface area contributed by atoms with Crippen molar-refractivity contribution in [2.45, 2.75) is 12.8 Å². The molecule has 0 spiro atoms.